The number of anilines is 1. The maximum Gasteiger partial charge on any atom is 0.225 e. The van der Waals surface area contributed by atoms with Gasteiger partial charge in [0.05, 0.1) is 5.92 Å². The van der Waals surface area contributed by atoms with Gasteiger partial charge in [-0.1, -0.05) is 12.1 Å². The van der Waals surface area contributed by atoms with Gasteiger partial charge in [-0.15, -0.1) is 0 Å². The number of fused-ring (bicyclic) bond motifs is 3. The quantitative estimate of drug-likeness (QED) is 0.796. The second-order valence-corrected chi connectivity index (χ2v) is 7.04. The van der Waals surface area contributed by atoms with E-state index < -0.39 is 0 Å². The Labute approximate surface area is 145 Å². The molecule has 1 aliphatic carbocycles. The van der Waals surface area contributed by atoms with Crippen LogP contribution in [0.2, 0.25) is 0 Å². The summed E-state index contributed by atoms with van der Waals surface area (Å²) in [6.45, 7) is 1.57. The maximum absolute atomic E-state index is 12.4. The third-order valence-electron chi connectivity index (χ3n) is 5.15. The van der Waals surface area contributed by atoms with Crippen molar-refractivity contribution in [2.24, 2.45) is 5.92 Å². The summed E-state index contributed by atoms with van der Waals surface area (Å²) in [5.41, 5.74) is 2.37. The summed E-state index contributed by atoms with van der Waals surface area (Å²) in [5, 5.41) is 4.13. The van der Waals surface area contributed by atoms with Crippen LogP contribution in [0.25, 0.3) is 22.1 Å². The highest BCUT2D eigenvalue weighted by Gasteiger charge is 2.31. The van der Waals surface area contributed by atoms with Gasteiger partial charge in [0.2, 0.25) is 5.91 Å². The highest BCUT2D eigenvalue weighted by Crippen LogP contribution is 2.34. The van der Waals surface area contributed by atoms with Gasteiger partial charge in [0.1, 0.15) is 17.4 Å². The molecule has 1 saturated carbocycles. The number of hydrogen-bond acceptors (Lipinski definition) is 5. The molecule has 2 aliphatic rings. The van der Waals surface area contributed by atoms with Crippen LogP contribution < -0.4 is 10.2 Å². The Morgan fingerprint density at radius 3 is 2.96 bits per heavy atom. The molecule has 1 saturated heterocycles. The van der Waals surface area contributed by atoms with Gasteiger partial charge in [-0.2, -0.15) is 0 Å². The standard InChI is InChI=1S/C19H20N4O2/c24-19(22-13-7-8-13)12-4-3-9-23(10-12)18-17-16(20-11-21-18)14-5-1-2-6-15(14)25-17/h1-2,5-6,11-13H,3-4,7-10H2,(H,22,24). The molecule has 3 aromatic rings. The number of amides is 1. The molecule has 6 heteroatoms. The smallest absolute Gasteiger partial charge is 0.225 e. The first kappa shape index (κ1) is 14.7. The fourth-order valence-corrected chi connectivity index (χ4v) is 3.67. The third-order valence-corrected chi connectivity index (χ3v) is 5.15. The Balaban J connectivity index is 1.48. The minimum Gasteiger partial charge on any atom is -0.450 e. The predicted molar refractivity (Wildman–Crippen MR) is 95.4 cm³/mol. The number of carbonyl (C=O) groups excluding carboxylic acids is 1. The van der Waals surface area contributed by atoms with Gasteiger partial charge in [0.15, 0.2) is 11.4 Å². The first-order valence-electron chi connectivity index (χ1n) is 8.97. The fraction of sp³-hybridized carbons (Fsp3) is 0.421. The highest BCUT2D eigenvalue weighted by atomic mass is 16.3. The van der Waals surface area contributed by atoms with Gasteiger partial charge in [0.25, 0.3) is 0 Å². The number of carbonyl (C=O) groups is 1. The van der Waals surface area contributed by atoms with Crippen LogP contribution in [0, 0.1) is 5.92 Å². The van der Waals surface area contributed by atoms with Gasteiger partial charge >= 0.3 is 0 Å². The normalized spacial score (nSPS) is 21.0. The summed E-state index contributed by atoms with van der Waals surface area (Å²) in [5.74, 6) is 0.996. The highest BCUT2D eigenvalue weighted by molar-refractivity contribution is 6.05. The van der Waals surface area contributed by atoms with Crippen LogP contribution >= 0.6 is 0 Å². The summed E-state index contributed by atoms with van der Waals surface area (Å²) in [4.78, 5) is 23.5. The molecule has 0 spiro atoms. The van der Waals surface area contributed by atoms with Crippen molar-refractivity contribution in [2.75, 3.05) is 18.0 Å². The van der Waals surface area contributed by atoms with Crippen LogP contribution in [0.1, 0.15) is 25.7 Å². The molecule has 2 aromatic heterocycles. The van der Waals surface area contributed by atoms with Crippen LogP contribution in [0.15, 0.2) is 35.0 Å². The number of aromatic nitrogens is 2. The van der Waals surface area contributed by atoms with Crippen molar-refractivity contribution in [1.82, 2.24) is 15.3 Å². The minimum atomic E-state index is 0.0174. The van der Waals surface area contributed by atoms with Crippen molar-refractivity contribution in [1.29, 1.82) is 0 Å². The zero-order chi connectivity index (χ0) is 16.8. The largest absolute Gasteiger partial charge is 0.450 e. The van der Waals surface area contributed by atoms with Gasteiger partial charge in [-0.25, -0.2) is 9.97 Å². The Morgan fingerprint density at radius 1 is 1.20 bits per heavy atom. The molecule has 1 amide bonds. The van der Waals surface area contributed by atoms with E-state index in [2.05, 4.69) is 20.2 Å². The van der Waals surface area contributed by atoms with E-state index in [1.165, 1.54) is 0 Å². The number of para-hydroxylation sites is 1. The molecule has 128 valence electrons. The van der Waals surface area contributed by atoms with Crippen molar-refractivity contribution < 1.29 is 9.21 Å². The summed E-state index contributed by atoms with van der Waals surface area (Å²) >= 11 is 0. The molecule has 1 aromatic carbocycles. The molecule has 1 aliphatic heterocycles. The van der Waals surface area contributed by atoms with Crippen LogP contribution in [0.3, 0.4) is 0 Å². The topological polar surface area (TPSA) is 71.3 Å². The van der Waals surface area contributed by atoms with E-state index >= 15 is 0 Å². The van der Waals surface area contributed by atoms with Gasteiger partial charge in [-0.05, 0) is 37.8 Å². The Hall–Kier alpha value is -2.63. The SMILES string of the molecule is O=C(NC1CC1)C1CCCN(c2ncnc3c2oc2ccccc23)C1. The van der Waals surface area contributed by atoms with Crippen molar-refractivity contribution in [3.05, 3.63) is 30.6 Å². The molecule has 1 atom stereocenters. The predicted octanol–water partition coefficient (Wildman–Crippen LogP) is 2.87. The first-order valence-corrected chi connectivity index (χ1v) is 8.97. The van der Waals surface area contributed by atoms with E-state index in [9.17, 15) is 4.79 Å². The van der Waals surface area contributed by atoms with E-state index in [1.54, 1.807) is 6.33 Å². The van der Waals surface area contributed by atoms with E-state index in [4.69, 9.17) is 4.42 Å². The van der Waals surface area contributed by atoms with Crippen LogP contribution in [0.4, 0.5) is 5.82 Å². The Bertz CT molecular complexity index is 947. The lowest BCUT2D eigenvalue weighted by atomic mass is 9.97. The third kappa shape index (κ3) is 2.62. The average Bonchev–Trinajstić information content (AvgIpc) is 3.38. The van der Waals surface area contributed by atoms with Crippen molar-refractivity contribution in [3.63, 3.8) is 0 Å². The number of furan rings is 1. The van der Waals surface area contributed by atoms with E-state index in [0.717, 1.165) is 54.5 Å². The van der Waals surface area contributed by atoms with E-state index in [-0.39, 0.29) is 11.8 Å². The first-order chi connectivity index (χ1) is 12.3. The maximum atomic E-state index is 12.4. The number of nitrogens with one attached hydrogen (secondary N) is 1. The van der Waals surface area contributed by atoms with Gasteiger partial charge in [-0.3, -0.25) is 4.79 Å². The van der Waals surface area contributed by atoms with Crippen LogP contribution in [-0.2, 0) is 4.79 Å². The summed E-state index contributed by atoms with van der Waals surface area (Å²) < 4.78 is 6.04. The van der Waals surface area contributed by atoms with Crippen molar-refractivity contribution in [3.8, 4) is 0 Å². The molecule has 0 radical (unpaired) electrons. The van der Waals surface area contributed by atoms with Crippen LogP contribution in [-0.4, -0.2) is 35.0 Å². The molecule has 3 heterocycles. The molecule has 25 heavy (non-hydrogen) atoms. The second kappa shape index (κ2) is 5.72. The molecule has 6 nitrogen and oxygen atoms in total. The molecular formula is C19H20N4O2. The molecule has 1 unspecified atom stereocenters. The summed E-state index contributed by atoms with van der Waals surface area (Å²) in [6.07, 6.45) is 5.74. The Kier molecular flexibility index (Phi) is 3.36. The monoisotopic (exact) mass is 336 g/mol. The molecular weight excluding hydrogens is 316 g/mol. The molecule has 5 rings (SSSR count). The van der Waals surface area contributed by atoms with Gasteiger partial charge in [0, 0.05) is 24.5 Å². The zero-order valence-electron chi connectivity index (χ0n) is 13.9. The lowest BCUT2D eigenvalue weighted by Crippen LogP contribution is -2.44. The number of piperidine rings is 1. The minimum absolute atomic E-state index is 0.0174. The lowest BCUT2D eigenvalue weighted by Gasteiger charge is -2.32. The lowest BCUT2D eigenvalue weighted by molar-refractivity contribution is -0.125. The summed E-state index contributed by atoms with van der Waals surface area (Å²) in [7, 11) is 0. The van der Waals surface area contributed by atoms with E-state index in [1.807, 2.05) is 24.3 Å². The van der Waals surface area contributed by atoms with E-state index in [0.29, 0.717) is 18.2 Å². The second-order valence-electron chi connectivity index (χ2n) is 7.04. The molecule has 2 fully saturated rings. The summed E-state index contributed by atoms with van der Waals surface area (Å²) in [6, 6.07) is 8.31. The van der Waals surface area contributed by atoms with Crippen molar-refractivity contribution in [2.45, 2.75) is 31.7 Å². The number of benzene rings is 1. The van der Waals surface area contributed by atoms with Gasteiger partial charge < -0.3 is 14.6 Å². The number of hydrogen-bond donors (Lipinski definition) is 1. The fourth-order valence-electron chi connectivity index (χ4n) is 3.67. The van der Waals surface area contributed by atoms with Crippen molar-refractivity contribution >= 4 is 33.8 Å². The zero-order valence-corrected chi connectivity index (χ0v) is 13.9. The Morgan fingerprint density at radius 2 is 2.08 bits per heavy atom. The molecule has 1 N–H and O–H groups in total. The molecule has 0 bridgehead atoms. The average molecular weight is 336 g/mol. The number of nitrogens with zero attached hydrogens (tertiary/aromatic N) is 3. The van der Waals surface area contributed by atoms with Crippen LogP contribution in [0.5, 0.6) is 0 Å². The number of rotatable bonds is 3.